The van der Waals surface area contributed by atoms with E-state index in [9.17, 15) is 5.11 Å². The van der Waals surface area contributed by atoms with Gasteiger partial charge in [-0.3, -0.25) is 0 Å². The molecule has 1 atom stereocenters. The van der Waals surface area contributed by atoms with Gasteiger partial charge in [-0.15, -0.1) is 11.3 Å². The van der Waals surface area contributed by atoms with Gasteiger partial charge in [0.1, 0.15) is 11.1 Å². The van der Waals surface area contributed by atoms with Gasteiger partial charge in [-0.25, -0.2) is 4.98 Å². The second-order valence-corrected chi connectivity index (χ2v) is 5.57. The van der Waals surface area contributed by atoms with Gasteiger partial charge < -0.3 is 5.11 Å². The van der Waals surface area contributed by atoms with Crippen molar-refractivity contribution in [3.63, 3.8) is 0 Å². The van der Waals surface area contributed by atoms with E-state index in [0.29, 0.717) is 6.42 Å². The second-order valence-electron chi connectivity index (χ2n) is 4.69. The smallest absolute Gasteiger partial charge is 0.122 e. The number of thiazole rings is 1. The molecule has 1 heterocycles. The highest BCUT2D eigenvalue weighted by Crippen LogP contribution is 2.26. The number of fused-ring (bicyclic) bond motifs is 1. The molecule has 3 rings (SSSR count). The quantitative estimate of drug-likeness (QED) is 0.782. The van der Waals surface area contributed by atoms with E-state index in [1.54, 1.807) is 0 Å². The summed E-state index contributed by atoms with van der Waals surface area (Å²) in [6.45, 7) is 1.95. The minimum absolute atomic E-state index is 0.524. The molecule has 0 aliphatic heterocycles. The van der Waals surface area contributed by atoms with Gasteiger partial charge in [-0.2, -0.15) is 0 Å². The van der Waals surface area contributed by atoms with Crippen molar-refractivity contribution in [2.75, 3.05) is 0 Å². The molecule has 2 aromatic carbocycles. The topological polar surface area (TPSA) is 33.1 Å². The summed E-state index contributed by atoms with van der Waals surface area (Å²) < 4.78 is 0. The summed E-state index contributed by atoms with van der Waals surface area (Å²) in [5.74, 6) is 0. The van der Waals surface area contributed by atoms with E-state index >= 15 is 0 Å². The first-order chi connectivity index (χ1) is 9.24. The van der Waals surface area contributed by atoms with Gasteiger partial charge in [0.05, 0.1) is 0 Å². The Balaban J connectivity index is 1.93. The first kappa shape index (κ1) is 12.3. The fourth-order valence-electron chi connectivity index (χ4n) is 2.29. The molecule has 1 N–H and O–H groups in total. The lowest BCUT2D eigenvalue weighted by atomic mass is 10.00. The molecule has 3 heteroatoms. The van der Waals surface area contributed by atoms with Crippen LogP contribution in [0, 0.1) is 6.92 Å². The molecule has 96 valence electrons. The Bertz CT molecular complexity index is 699. The third-order valence-electron chi connectivity index (χ3n) is 3.22. The van der Waals surface area contributed by atoms with Gasteiger partial charge >= 0.3 is 0 Å². The Morgan fingerprint density at radius 3 is 2.74 bits per heavy atom. The van der Waals surface area contributed by atoms with Gasteiger partial charge in [0, 0.05) is 17.5 Å². The van der Waals surface area contributed by atoms with Gasteiger partial charge in [0.2, 0.25) is 0 Å². The molecule has 1 unspecified atom stereocenters. The van der Waals surface area contributed by atoms with Crippen molar-refractivity contribution < 1.29 is 5.11 Å². The summed E-state index contributed by atoms with van der Waals surface area (Å²) in [6.07, 6.45) is 0.0819. The fraction of sp³-hybridized carbons (Fsp3) is 0.188. The third kappa shape index (κ3) is 2.53. The van der Waals surface area contributed by atoms with Gasteiger partial charge in [0.25, 0.3) is 0 Å². The number of nitrogens with zero attached hydrogens (tertiary/aromatic N) is 1. The molecule has 0 saturated heterocycles. The zero-order valence-electron chi connectivity index (χ0n) is 10.7. The zero-order chi connectivity index (χ0) is 13.2. The predicted octanol–water partition coefficient (Wildman–Crippen LogP) is 3.88. The standard InChI is InChI=1S/C16H15NOS/c1-11-10-19-16(17-11)15(18)9-13-7-4-6-12-5-2-3-8-14(12)13/h2-8,10,15,18H,9H2,1H3. The normalized spacial score (nSPS) is 12.7. The van der Waals surface area contributed by atoms with Crippen LogP contribution in [0.25, 0.3) is 10.8 Å². The molecule has 1 aromatic heterocycles. The van der Waals surface area contributed by atoms with Crippen molar-refractivity contribution in [1.29, 1.82) is 0 Å². The third-order valence-corrected chi connectivity index (χ3v) is 4.28. The minimum Gasteiger partial charge on any atom is -0.386 e. The van der Waals surface area contributed by atoms with E-state index in [4.69, 9.17) is 0 Å². The zero-order valence-corrected chi connectivity index (χ0v) is 11.5. The summed E-state index contributed by atoms with van der Waals surface area (Å²) in [6, 6.07) is 14.5. The SMILES string of the molecule is Cc1csc(C(O)Cc2cccc3ccccc23)n1. The number of hydrogen-bond acceptors (Lipinski definition) is 3. The Kier molecular flexibility index (Phi) is 3.32. The average molecular weight is 269 g/mol. The van der Waals surface area contributed by atoms with E-state index in [2.05, 4.69) is 29.2 Å². The van der Waals surface area contributed by atoms with Crippen LogP contribution in [-0.4, -0.2) is 10.1 Å². The van der Waals surface area contributed by atoms with Crippen LogP contribution in [0.5, 0.6) is 0 Å². The highest BCUT2D eigenvalue weighted by atomic mass is 32.1. The largest absolute Gasteiger partial charge is 0.386 e. The summed E-state index contributed by atoms with van der Waals surface area (Å²) >= 11 is 1.52. The van der Waals surface area contributed by atoms with Gasteiger partial charge in [-0.05, 0) is 23.3 Å². The maximum absolute atomic E-state index is 10.3. The number of aliphatic hydroxyl groups excluding tert-OH is 1. The monoisotopic (exact) mass is 269 g/mol. The van der Waals surface area contributed by atoms with E-state index in [1.165, 1.54) is 27.7 Å². The molecular formula is C16H15NOS. The minimum atomic E-state index is -0.524. The summed E-state index contributed by atoms with van der Waals surface area (Å²) in [7, 11) is 0. The fourth-order valence-corrected chi connectivity index (χ4v) is 3.07. The van der Waals surface area contributed by atoms with E-state index in [0.717, 1.165) is 10.7 Å². The lowest BCUT2D eigenvalue weighted by molar-refractivity contribution is 0.178. The molecular weight excluding hydrogens is 254 g/mol. The number of aliphatic hydroxyl groups is 1. The molecule has 0 aliphatic rings. The van der Waals surface area contributed by atoms with Crippen LogP contribution in [0.15, 0.2) is 47.8 Å². The molecule has 19 heavy (non-hydrogen) atoms. The van der Waals surface area contributed by atoms with Crippen LogP contribution in [0.3, 0.4) is 0 Å². The molecule has 0 amide bonds. The second kappa shape index (κ2) is 5.11. The number of hydrogen-bond donors (Lipinski definition) is 1. The van der Waals surface area contributed by atoms with Crippen molar-refractivity contribution in [2.45, 2.75) is 19.4 Å². The van der Waals surface area contributed by atoms with Crippen LogP contribution >= 0.6 is 11.3 Å². The Morgan fingerprint density at radius 1 is 1.16 bits per heavy atom. The lowest BCUT2D eigenvalue weighted by Gasteiger charge is -2.10. The van der Waals surface area contributed by atoms with Crippen molar-refractivity contribution >= 4 is 22.1 Å². The first-order valence-corrected chi connectivity index (χ1v) is 7.19. The van der Waals surface area contributed by atoms with Gasteiger partial charge in [-0.1, -0.05) is 42.5 Å². The van der Waals surface area contributed by atoms with Crippen molar-refractivity contribution in [3.8, 4) is 0 Å². The lowest BCUT2D eigenvalue weighted by Crippen LogP contribution is -2.02. The van der Waals surface area contributed by atoms with E-state index < -0.39 is 6.10 Å². The molecule has 0 saturated carbocycles. The Labute approximate surface area is 116 Å². The van der Waals surface area contributed by atoms with E-state index in [1.807, 2.05) is 30.5 Å². The molecule has 0 radical (unpaired) electrons. The van der Waals surface area contributed by atoms with Crippen molar-refractivity contribution in [2.24, 2.45) is 0 Å². The van der Waals surface area contributed by atoms with E-state index in [-0.39, 0.29) is 0 Å². The average Bonchev–Trinajstić information content (AvgIpc) is 2.86. The predicted molar refractivity (Wildman–Crippen MR) is 79.5 cm³/mol. The highest BCUT2D eigenvalue weighted by Gasteiger charge is 2.13. The van der Waals surface area contributed by atoms with Crippen molar-refractivity contribution in [3.05, 3.63) is 64.1 Å². The molecule has 0 bridgehead atoms. The summed E-state index contributed by atoms with van der Waals surface area (Å²) in [5, 5.41) is 15.5. The van der Waals surface area contributed by atoms with Crippen LogP contribution in [0.2, 0.25) is 0 Å². The van der Waals surface area contributed by atoms with Crippen LogP contribution in [0.1, 0.15) is 22.4 Å². The number of aromatic nitrogens is 1. The van der Waals surface area contributed by atoms with Crippen LogP contribution < -0.4 is 0 Å². The van der Waals surface area contributed by atoms with Crippen LogP contribution in [0.4, 0.5) is 0 Å². The molecule has 0 aliphatic carbocycles. The molecule has 3 aromatic rings. The maximum atomic E-state index is 10.3. The summed E-state index contributed by atoms with van der Waals surface area (Å²) in [4.78, 5) is 4.36. The number of aryl methyl sites for hydroxylation is 1. The highest BCUT2D eigenvalue weighted by molar-refractivity contribution is 7.09. The number of rotatable bonds is 3. The van der Waals surface area contributed by atoms with Crippen LogP contribution in [-0.2, 0) is 6.42 Å². The molecule has 0 spiro atoms. The molecule has 2 nitrogen and oxygen atoms in total. The van der Waals surface area contributed by atoms with Crippen molar-refractivity contribution in [1.82, 2.24) is 4.98 Å². The summed E-state index contributed by atoms with van der Waals surface area (Å²) in [5.41, 5.74) is 2.13. The Hall–Kier alpha value is -1.71. The first-order valence-electron chi connectivity index (χ1n) is 6.31. The molecule has 0 fully saturated rings. The Morgan fingerprint density at radius 2 is 1.95 bits per heavy atom. The number of benzene rings is 2. The van der Waals surface area contributed by atoms with Gasteiger partial charge in [0.15, 0.2) is 0 Å². The maximum Gasteiger partial charge on any atom is 0.122 e.